The highest BCUT2D eigenvalue weighted by Crippen LogP contribution is 2.15. The van der Waals surface area contributed by atoms with Gasteiger partial charge >= 0.3 is 0 Å². The Morgan fingerprint density at radius 2 is 0.889 bits per heavy atom. The molecule has 1 amide bonds. The minimum absolute atomic E-state index is 0.368. The van der Waals surface area contributed by atoms with Gasteiger partial charge in [-0.1, -0.05) is 174 Å². The summed E-state index contributed by atoms with van der Waals surface area (Å²) in [5.74, 6) is -0.592. The molecular formula is C39H77NO5. The molecule has 0 aromatic carbocycles. The Morgan fingerprint density at radius 1 is 0.533 bits per heavy atom. The monoisotopic (exact) mass is 640 g/mol. The second-order valence-electron chi connectivity index (χ2n) is 13.6. The van der Waals surface area contributed by atoms with Crippen molar-refractivity contribution in [2.75, 3.05) is 6.61 Å². The topological polar surface area (TPSA) is 110 Å². The zero-order valence-corrected chi connectivity index (χ0v) is 29.9. The van der Waals surface area contributed by atoms with E-state index in [2.05, 4.69) is 31.3 Å². The van der Waals surface area contributed by atoms with Crippen molar-refractivity contribution in [3.8, 4) is 0 Å². The summed E-state index contributed by atoms with van der Waals surface area (Å²) in [6.07, 6.45) is 36.0. The largest absolute Gasteiger partial charge is 0.394 e. The lowest BCUT2D eigenvalue weighted by Gasteiger charge is -2.27. The first kappa shape index (κ1) is 44.0. The number of allylic oxidation sites excluding steroid dienone is 2. The lowest BCUT2D eigenvalue weighted by molar-refractivity contribution is -0.132. The molecule has 0 heterocycles. The molecule has 6 heteroatoms. The van der Waals surface area contributed by atoms with Gasteiger partial charge in [-0.15, -0.1) is 0 Å². The lowest BCUT2D eigenvalue weighted by atomic mass is 9.99. The van der Waals surface area contributed by atoms with Crippen LogP contribution in [0.15, 0.2) is 12.2 Å². The molecule has 4 atom stereocenters. The first-order chi connectivity index (χ1) is 22.0. The number of unbranched alkanes of at least 4 members (excludes halogenated alkanes) is 24. The normalized spacial score (nSPS) is 14.5. The third-order valence-corrected chi connectivity index (χ3v) is 9.23. The zero-order valence-electron chi connectivity index (χ0n) is 29.9. The van der Waals surface area contributed by atoms with Gasteiger partial charge < -0.3 is 25.7 Å². The Balaban J connectivity index is 3.56. The Hall–Kier alpha value is -0.950. The number of aliphatic hydroxyl groups is 4. The molecule has 0 radical (unpaired) electrons. The minimum Gasteiger partial charge on any atom is -0.394 e. The first-order valence-corrected chi connectivity index (χ1v) is 19.6. The van der Waals surface area contributed by atoms with Crippen LogP contribution < -0.4 is 5.32 Å². The number of carbonyl (C=O) groups is 1. The van der Waals surface area contributed by atoms with Gasteiger partial charge in [-0.3, -0.25) is 4.79 Å². The molecule has 0 saturated heterocycles. The number of aliphatic hydroxyl groups excluding tert-OH is 4. The van der Waals surface area contributed by atoms with Gasteiger partial charge in [0, 0.05) is 0 Å². The summed E-state index contributed by atoms with van der Waals surface area (Å²) in [5.41, 5.74) is 0. The van der Waals surface area contributed by atoms with Crippen LogP contribution in [0.25, 0.3) is 0 Å². The van der Waals surface area contributed by atoms with Crippen LogP contribution in [0.5, 0.6) is 0 Å². The highest BCUT2D eigenvalue weighted by Gasteiger charge is 2.28. The summed E-state index contributed by atoms with van der Waals surface area (Å²) in [7, 11) is 0. The number of rotatable bonds is 35. The molecule has 0 aromatic heterocycles. The van der Waals surface area contributed by atoms with Crippen molar-refractivity contribution in [3.05, 3.63) is 12.2 Å². The maximum atomic E-state index is 12.3. The van der Waals surface area contributed by atoms with Crippen molar-refractivity contribution in [2.45, 2.75) is 224 Å². The van der Waals surface area contributed by atoms with Crippen LogP contribution in [-0.2, 0) is 4.79 Å². The molecule has 0 fully saturated rings. The highest BCUT2D eigenvalue weighted by atomic mass is 16.3. The Bertz CT molecular complexity index is 643. The third-order valence-electron chi connectivity index (χ3n) is 9.23. The molecular weight excluding hydrogens is 562 g/mol. The average molecular weight is 640 g/mol. The lowest BCUT2D eigenvalue weighted by Crippen LogP contribution is -2.53. The van der Waals surface area contributed by atoms with E-state index >= 15 is 0 Å². The number of hydrogen-bond acceptors (Lipinski definition) is 5. The summed E-state index contributed by atoms with van der Waals surface area (Å²) in [4.78, 5) is 12.3. The third kappa shape index (κ3) is 29.0. The van der Waals surface area contributed by atoms with Gasteiger partial charge in [0.1, 0.15) is 12.2 Å². The SMILES string of the molecule is CCCCCCCCCCCCCC/C=C\CCCCCCCCCCCC(O)C(=O)NC(CO)C(O)C(O)CCCCCC. The van der Waals surface area contributed by atoms with Gasteiger partial charge in [0.25, 0.3) is 0 Å². The van der Waals surface area contributed by atoms with Crippen LogP contribution >= 0.6 is 0 Å². The summed E-state index contributed by atoms with van der Waals surface area (Å²) in [6, 6.07) is -0.978. The summed E-state index contributed by atoms with van der Waals surface area (Å²) >= 11 is 0. The van der Waals surface area contributed by atoms with E-state index in [0.717, 1.165) is 44.9 Å². The molecule has 4 unspecified atom stereocenters. The maximum Gasteiger partial charge on any atom is 0.249 e. The molecule has 0 bridgehead atoms. The molecule has 6 nitrogen and oxygen atoms in total. The molecule has 0 aliphatic carbocycles. The molecule has 0 rings (SSSR count). The second kappa shape index (κ2) is 34.4. The Kier molecular flexibility index (Phi) is 33.7. The van der Waals surface area contributed by atoms with E-state index in [1.807, 2.05) is 0 Å². The van der Waals surface area contributed by atoms with Gasteiger partial charge in [-0.05, 0) is 38.5 Å². The molecule has 268 valence electrons. The van der Waals surface area contributed by atoms with Crippen LogP contribution in [0.3, 0.4) is 0 Å². The molecule has 0 aliphatic rings. The maximum absolute atomic E-state index is 12.3. The van der Waals surface area contributed by atoms with E-state index in [0.29, 0.717) is 12.8 Å². The van der Waals surface area contributed by atoms with E-state index in [1.165, 1.54) is 128 Å². The van der Waals surface area contributed by atoms with Gasteiger partial charge in [-0.2, -0.15) is 0 Å². The van der Waals surface area contributed by atoms with Gasteiger partial charge in [0.15, 0.2) is 0 Å². The van der Waals surface area contributed by atoms with E-state index in [-0.39, 0.29) is 0 Å². The predicted octanol–water partition coefficient (Wildman–Crippen LogP) is 9.46. The number of carbonyl (C=O) groups excluding carboxylic acids is 1. The molecule has 0 aliphatic heterocycles. The second-order valence-corrected chi connectivity index (χ2v) is 13.6. The van der Waals surface area contributed by atoms with Crippen molar-refractivity contribution in [2.24, 2.45) is 0 Å². The smallest absolute Gasteiger partial charge is 0.249 e. The molecule has 0 spiro atoms. The van der Waals surface area contributed by atoms with Crippen molar-refractivity contribution in [1.82, 2.24) is 5.32 Å². The van der Waals surface area contributed by atoms with Crippen molar-refractivity contribution in [1.29, 1.82) is 0 Å². The van der Waals surface area contributed by atoms with Crippen LogP contribution in [0.2, 0.25) is 0 Å². The molecule has 0 saturated carbocycles. The van der Waals surface area contributed by atoms with Crippen LogP contribution in [0, 0.1) is 0 Å². The van der Waals surface area contributed by atoms with Crippen LogP contribution in [0.4, 0.5) is 0 Å². The fraction of sp³-hybridized carbons (Fsp3) is 0.923. The standard InChI is InChI=1S/C39H77NO5/c1-3-5-7-9-10-11-12-13-14-15-16-17-18-19-20-21-22-23-24-25-26-27-28-29-31-33-37(43)39(45)40-35(34-41)38(44)36(42)32-30-8-6-4-2/h19-20,35-38,41-44H,3-18,21-34H2,1-2H3,(H,40,45)/b20-19-. The average Bonchev–Trinajstić information content (AvgIpc) is 3.04. The molecule has 0 aromatic rings. The number of amides is 1. The van der Waals surface area contributed by atoms with Crippen molar-refractivity contribution in [3.63, 3.8) is 0 Å². The Morgan fingerprint density at radius 3 is 1.31 bits per heavy atom. The van der Waals surface area contributed by atoms with Gasteiger partial charge in [0.2, 0.25) is 5.91 Å². The van der Waals surface area contributed by atoms with E-state index in [4.69, 9.17) is 0 Å². The van der Waals surface area contributed by atoms with Crippen LogP contribution in [-0.4, -0.2) is 57.3 Å². The van der Waals surface area contributed by atoms with Crippen molar-refractivity contribution >= 4 is 5.91 Å². The quantitative estimate of drug-likeness (QED) is 0.0350. The summed E-state index contributed by atoms with van der Waals surface area (Å²) in [5, 5.41) is 42.9. The zero-order chi connectivity index (χ0) is 33.2. The van der Waals surface area contributed by atoms with E-state index < -0.39 is 36.9 Å². The fourth-order valence-electron chi connectivity index (χ4n) is 6.04. The predicted molar refractivity (Wildman–Crippen MR) is 191 cm³/mol. The number of hydrogen-bond donors (Lipinski definition) is 5. The number of nitrogens with one attached hydrogen (secondary N) is 1. The fourth-order valence-corrected chi connectivity index (χ4v) is 6.04. The van der Waals surface area contributed by atoms with E-state index in [1.54, 1.807) is 0 Å². The highest BCUT2D eigenvalue weighted by molar-refractivity contribution is 5.80. The van der Waals surface area contributed by atoms with Gasteiger partial charge in [-0.25, -0.2) is 0 Å². The van der Waals surface area contributed by atoms with Crippen LogP contribution in [0.1, 0.15) is 200 Å². The first-order valence-electron chi connectivity index (χ1n) is 19.6. The Labute approximate surface area is 279 Å². The minimum atomic E-state index is -1.25. The van der Waals surface area contributed by atoms with Crippen molar-refractivity contribution < 1.29 is 25.2 Å². The van der Waals surface area contributed by atoms with E-state index in [9.17, 15) is 25.2 Å². The molecule has 45 heavy (non-hydrogen) atoms. The van der Waals surface area contributed by atoms with Gasteiger partial charge in [0.05, 0.1) is 18.8 Å². The summed E-state index contributed by atoms with van der Waals surface area (Å²) < 4.78 is 0. The molecule has 5 N–H and O–H groups in total. The summed E-state index contributed by atoms with van der Waals surface area (Å²) in [6.45, 7) is 3.91.